The number of rotatable bonds is 4. The van der Waals surface area contributed by atoms with Crippen LogP contribution in [0.25, 0.3) is 11.2 Å². The molecule has 1 aliphatic rings. The fourth-order valence-electron chi connectivity index (χ4n) is 3.76. The standard InChI is InChI=1S/C17H27N4O4P/c1-8(7-26(4,5)6)14-12(22)13(23)17(25-14)21-10(3)20-11-15(21)18-9(2)19-16(11)24/h8,12-14,17,22-23H,4,7H2,1-3,5-6H3,(H,18,19,24)/t8?,12-,13+,14+,17+/m0/s1. The van der Waals surface area contributed by atoms with E-state index in [1.165, 1.54) is 0 Å². The van der Waals surface area contributed by atoms with Crippen LogP contribution in [0, 0.1) is 19.8 Å². The second-order valence-corrected chi connectivity index (χ2v) is 12.2. The van der Waals surface area contributed by atoms with Gasteiger partial charge in [-0.1, -0.05) is 6.92 Å². The van der Waals surface area contributed by atoms with E-state index < -0.39 is 31.4 Å². The molecule has 3 rings (SSSR count). The zero-order valence-corrected chi connectivity index (χ0v) is 16.7. The first-order valence-corrected chi connectivity index (χ1v) is 11.7. The van der Waals surface area contributed by atoms with Crippen molar-refractivity contribution in [3.63, 3.8) is 0 Å². The van der Waals surface area contributed by atoms with Crippen molar-refractivity contribution in [3.05, 3.63) is 22.0 Å². The molecule has 1 fully saturated rings. The second kappa shape index (κ2) is 6.60. The van der Waals surface area contributed by atoms with Gasteiger partial charge in [-0.3, -0.25) is 9.36 Å². The van der Waals surface area contributed by atoms with Gasteiger partial charge in [-0.25, -0.2) is 9.97 Å². The molecule has 26 heavy (non-hydrogen) atoms. The lowest BCUT2D eigenvalue weighted by molar-refractivity contribution is -0.0496. The van der Waals surface area contributed by atoms with Gasteiger partial charge in [0, 0.05) is 0 Å². The fourth-order valence-corrected chi connectivity index (χ4v) is 5.53. The van der Waals surface area contributed by atoms with Crippen molar-refractivity contribution in [2.75, 3.05) is 19.5 Å². The molecular weight excluding hydrogens is 355 g/mol. The fraction of sp³-hybridized carbons (Fsp3) is 0.647. The van der Waals surface area contributed by atoms with Gasteiger partial charge in [0.05, 0.1) is 6.10 Å². The van der Waals surface area contributed by atoms with Crippen LogP contribution in [0.1, 0.15) is 24.8 Å². The van der Waals surface area contributed by atoms with Gasteiger partial charge in [0.1, 0.15) is 23.9 Å². The number of aliphatic hydroxyl groups is 2. The smallest absolute Gasteiger partial charge is 0.279 e. The molecule has 5 atom stereocenters. The van der Waals surface area contributed by atoms with Gasteiger partial charge in [0.15, 0.2) is 17.4 Å². The molecule has 0 bridgehead atoms. The van der Waals surface area contributed by atoms with Crippen molar-refractivity contribution in [1.29, 1.82) is 0 Å². The van der Waals surface area contributed by atoms with Gasteiger partial charge in [-0.2, -0.15) is 0 Å². The molecule has 9 heteroatoms. The first-order valence-electron chi connectivity index (χ1n) is 8.64. The van der Waals surface area contributed by atoms with Crippen molar-refractivity contribution in [3.8, 4) is 0 Å². The summed E-state index contributed by atoms with van der Waals surface area (Å²) in [6, 6.07) is 0. The Kier molecular flexibility index (Phi) is 4.90. The van der Waals surface area contributed by atoms with Crippen molar-refractivity contribution < 1.29 is 14.9 Å². The number of fused-ring (bicyclic) bond motifs is 1. The van der Waals surface area contributed by atoms with Gasteiger partial charge in [0.2, 0.25) is 0 Å². The molecular formula is C17H27N4O4P. The highest BCUT2D eigenvalue weighted by Crippen LogP contribution is 2.42. The van der Waals surface area contributed by atoms with Crippen LogP contribution in [-0.2, 0) is 4.74 Å². The van der Waals surface area contributed by atoms with E-state index >= 15 is 0 Å². The lowest BCUT2D eigenvalue weighted by atomic mass is 10.0. The third-order valence-corrected chi connectivity index (χ3v) is 6.28. The summed E-state index contributed by atoms with van der Waals surface area (Å²) in [5, 5.41) is 21.2. The van der Waals surface area contributed by atoms with Crippen LogP contribution in [0.4, 0.5) is 0 Å². The Hall–Kier alpha value is -1.47. The highest BCUT2D eigenvalue weighted by Gasteiger charge is 2.47. The number of aromatic nitrogens is 4. The largest absolute Gasteiger partial charge is 0.388 e. The Morgan fingerprint density at radius 2 is 1.96 bits per heavy atom. The monoisotopic (exact) mass is 382 g/mol. The van der Waals surface area contributed by atoms with Crippen molar-refractivity contribution >= 4 is 24.3 Å². The Morgan fingerprint density at radius 1 is 1.31 bits per heavy atom. The molecule has 0 amide bonds. The van der Waals surface area contributed by atoms with E-state index in [0.29, 0.717) is 17.3 Å². The maximum atomic E-state index is 12.1. The van der Waals surface area contributed by atoms with E-state index in [1.807, 2.05) is 6.92 Å². The number of nitrogens with zero attached hydrogens (tertiary/aromatic N) is 3. The van der Waals surface area contributed by atoms with Crippen LogP contribution in [0.15, 0.2) is 4.79 Å². The third-order valence-electron chi connectivity index (χ3n) is 4.72. The van der Waals surface area contributed by atoms with Crippen molar-refractivity contribution in [2.24, 2.45) is 5.92 Å². The molecule has 3 N–H and O–H groups in total. The first kappa shape index (κ1) is 19.3. The normalized spacial score (nSPS) is 28.0. The number of ether oxygens (including phenoxy) is 1. The quantitative estimate of drug-likeness (QED) is 0.671. The average Bonchev–Trinajstić information content (AvgIpc) is 2.96. The minimum absolute atomic E-state index is 0.0404. The van der Waals surface area contributed by atoms with E-state index in [1.54, 1.807) is 18.4 Å². The maximum Gasteiger partial charge on any atom is 0.279 e. The molecule has 0 spiro atoms. The first-order chi connectivity index (χ1) is 12.0. The summed E-state index contributed by atoms with van der Waals surface area (Å²) in [4.78, 5) is 23.4. The molecule has 8 nitrogen and oxygen atoms in total. The van der Waals surface area contributed by atoms with Crippen molar-refractivity contribution in [1.82, 2.24) is 19.5 Å². The van der Waals surface area contributed by atoms with Crippen LogP contribution in [0.3, 0.4) is 0 Å². The summed E-state index contributed by atoms with van der Waals surface area (Å²) in [5.74, 6) is 0.988. The molecule has 0 saturated carbocycles. The highest BCUT2D eigenvalue weighted by atomic mass is 31.2. The average molecular weight is 382 g/mol. The third kappa shape index (κ3) is 3.39. The van der Waals surface area contributed by atoms with Gasteiger partial charge in [-0.15, -0.1) is 13.2 Å². The predicted molar refractivity (Wildman–Crippen MR) is 103 cm³/mol. The molecule has 2 aromatic rings. The van der Waals surface area contributed by atoms with Gasteiger partial charge < -0.3 is 19.9 Å². The molecule has 0 aliphatic carbocycles. The van der Waals surface area contributed by atoms with E-state index in [9.17, 15) is 15.0 Å². The van der Waals surface area contributed by atoms with Gasteiger partial charge >= 0.3 is 0 Å². The number of imidazole rings is 1. The minimum Gasteiger partial charge on any atom is -0.388 e. The van der Waals surface area contributed by atoms with Crippen LogP contribution in [0.2, 0.25) is 0 Å². The van der Waals surface area contributed by atoms with E-state index in [-0.39, 0.29) is 17.0 Å². The zero-order chi connectivity index (χ0) is 19.4. The van der Waals surface area contributed by atoms with E-state index in [2.05, 4.69) is 34.6 Å². The maximum absolute atomic E-state index is 12.1. The van der Waals surface area contributed by atoms with Crippen LogP contribution < -0.4 is 5.56 Å². The number of aryl methyl sites for hydroxylation is 2. The Morgan fingerprint density at radius 3 is 2.58 bits per heavy atom. The van der Waals surface area contributed by atoms with E-state index in [4.69, 9.17) is 4.74 Å². The van der Waals surface area contributed by atoms with Gasteiger partial charge in [-0.05, 0) is 39.3 Å². The molecule has 3 heterocycles. The summed E-state index contributed by atoms with van der Waals surface area (Å²) in [6.07, 6.45) is 1.54. The molecule has 1 saturated heterocycles. The Bertz CT molecular complexity index is 931. The molecule has 2 aromatic heterocycles. The van der Waals surface area contributed by atoms with Crippen LogP contribution in [-0.4, -0.2) is 73.8 Å². The number of aromatic amines is 1. The lowest BCUT2D eigenvalue weighted by Gasteiger charge is -2.26. The Balaban J connectivity index is 2.00. The van der Waals surface area contributed by atoms with E-state index in [0.717, 1.165) is 6.16 Å². The molecule has 1 unspecified atom stereocenters. The number of hydrogen-bond donors (Lipinski definition) is 3. The Labute approximate surface area is 152 Å². The number of H-pyrrole nitrogens is 1. The van der Waals surface area contributed by atoms with Crippen molar-refractivity contribution in [2.45, 2.75) is 45.3 Å². The lowest BCUT2D eigenvalue weighted by Crippen LogP contribution is -2.36. The van der Waals surface area contributed by atoms with Gasteiger partial charge in [0.25, 0.3) is 5.56 Å². The summed E-state index contributed by atoms with van der Waals surface area (Å²) in [7, 11) is 0. The van der Waals surface area contributed by atoms with Crippen LogP contribution >= 0.6 is 6.89 Å². The summed E-state index contributed by atoms with van der Waals surface area (Å²) >= 11 is 0. The predicted octanol–water partition coefficient (Wildman–Crippen LogP) is 0.701. The number of aliphatic hydroxyl groups excluding tert-OH is 2. The van der Waals surface area contributed by atoms with Crippen LogP contribution in [0.5, 0.6) is 0 Å². The summed E-state index contributed by atoms with van der Waals surface area (Å²) < 4.78 is 7.67. The SMILES string of the molecule is C=P(C)(C)CC(C)[C@H]1O[C@@H](n2c(C)nc3c(=O)[nH]c(C)nc32)[C@H](O)[C@@H]1O. The highest BCUT2D eigenvalue weighted by molar-refractivity contribution is 7.72. The number of nitrogens with one attached hydrogen (secondary N) is 1. The molecule has 0 radical (unpaired) electrons. The minimum atomic E-state index is -1.31. The molecule has 1 aliphatic heterocycles. The second-order valence-electron chi connectivity index (χ2n) is 7.92. The molecule has 144 valence electrons. The summed E-state index contributed by atoms with van der Waals surface area (Å²) in [5.41, 5.74) is 0.203. The topological polar surface area (TPSA) is 113 Å². The molecule has 0 aromatic carbocycles. The summed E-state index contributed by atoms with van der Waals surface area (Å²) in [6.45, 7) is 8.35. The number of hydrogen-bond acceptors (Lipinski definition) is 6. The zero-order valence-electron chi connectivity index (χ0n) is 15.8.